The number of carbonyl (C=O) groups excluding carboxylic acids is 2. The summed E-state index contributed by atoms with van der Waals surface area (Å²) in [4.78, 5) is 24.7. The van der Waals surface area contributed by atoms with Crippen LogP contribution in [0.3, 0.4) is 0 Å². The number of rotatable bonds is 8. The Balaban J connectivity index is 1.96. The molecular formula is C20H23NO3S. The molecule has 0 saturated heterocycles. The molecule has 25 heavy (non-hydrogen) atoms. The van der Waals surface area contributed by atoms with Crippen LogP contribution < -0.4 is 5.32 Å². The van der Waals surface area contributed by atoms with E-state index in [0.717, 1.165) is 16.9 Å². The number of thioether (sulfide) groups is 1. The zero-order valence-corrected chi connectivity index (χ0v) is 15.3. The molecule has 2 rings (SSSR count). The van der Waals surface area contributed by atoms with E-state index in [1.54, 1.807) is 36.0 Å². The molecule has 5 heteroatoms. The molecule has 4 nitrogen and oxygen atoms in total. The zero-order valence-electron chi connectivity index (χ0n) is 14.5. The van der Waals surface area contributed by atoms with Crippen molar-refractivity contribution in [2.75, 3.05) is 12.0 Å². The first-order chi connectivity index (χ1) is 12.1. The summed E-state index contributed by atoms with van der Waals surface area (Å²) in [6, 6.07) is 16.0. The third kappa shape index (κ3) is 6.27. The van der Waals surface area contributed by atoms with Crippen LogP contribution in [-0.4, -0.2) is 29.9 Å². The molecule has 1 atom stereocenters. The van der Waals surface area contributed by atoms with E-state index in [9.17, 15) is 9.59 Å². The molecule has 2 aromatic rings. The van der Waals surface area contributed by atoms with Crippen molar-refractivity contribution in [1.29, 1.82) is 0 Å². The van der Waals surface area contributed by atoms with Gasteiger partial charge >= 0.3 is 5.97 Å². The molecule has 1 unspecified atom stereocenters. The van der Waals surface area contributed by atoms with Gasteiger partial charge in [0.05, 0.1) is 0 Å². The highest BCUT2D eigenvalue weighted by Crippen LogP contribution is 2.09. The van der Waals surface area contributed by atoms with Crippen LogP contribution >= 0.6 is 11.8 Å². The summed E-state index contributed by atoms with van der Waals surface area (Å²) in [5, 5.41) is 2.79. The smallest absolute Gasteiger partial charge is 0.329 e. The van der Waals surface area contributed by atoms with Crippen LogP contribution in [0.15, 0.2) is 54.6 Å². The second-order valence-electron chi connectivity index (χ2n) is 5.77. The Kier molecular flexibility index (Phi) is 7.54. The fourth-order valence-corrected chi connectivity index (χ4v) is 2.73. The lowest BCUT2D eigenvalue weighted by molar-refractivity contribution is -0.147. The lowest BCUT2D eigenvalue weighted by Gasteiger charge is -2.17. The fourth-order valence-electron chi connectivity index (χ4n) is 2.26. The van der Waals surface area contributed by atoms with E-state index in [-0.39, 0.29) is 12.5 Å². The van der Waals surface area contributed by atoms with E-state index in [1.165, 1.54) is 0 Å². The first-order valence-electron chi connectivity index (χ1n) is 8.17. The van der Waals surface area contributed by atoms with Gasteiger partial charge in [-0.25, -0.2) is 4.79 Å². The number of amides is 1. The Bertz CT molecular complexity index is 686. The van der Waals surface area contributed by atoms with Crippen molar-refractivity contribution >= 4 is 23.6 Å². The van der Waals surface area contributed by atoms with Gasteiger partial charge in [-0.2, -0.15) is 11.8 Å². The largest absolute Gasteiger partial charge is 0.459 e. The van der Waals surface area contributed by atoms with Crippen molar-refractivity contribution in [3.63, 3.8) is 0 Å². The molecular weight excluding hydrogens is 334 g/mol. The summed E-state index contributed by atoms with van der Waals surface area (Å²) in [5.41, 5.74) is 2.61. The first kappa shape index (κ1) is 19.1. The Labute approximate surface area is 153 Å². The number of nitrogens with one attached hydrogen (secondary N) is 1. The number of ether oxygens (including phenoxy) is 1. The highest BCUT2D eigenvalue weighted by Gasteiger charge is 2.22. The van der Waals surface area contributed by atoms with Gasteiger partial charge < -0.3 is 10.1 Å². The average Bonchev–Trinajstić information content (AvgIpc) is 2.65. The van der Waals surface area contributed by atoms with Crippen molar-refractivity contribution < 1.29 is 14.3 Å². The molecule has 1 amide bonds. The summed E-state index contributed by atoms with van der Waals surface area (Å²) in [6.45, 7) is 2.21. The number of aryl methyl sites for hydroxylation is 1. The minimum Gasteiger partial charge on any atom is -0.459 e. The number of hydrogen-bond donors (Lipinski definition) is 1. The van der Waals surface area contributed by atoms with Crippen LogP contribution in [0, 0.1) is 6.92 Å². The number of carbonyl (C=O) groups is 2. The predicted octanol–water partition coefficient (Wildman–Crippen LogP) is 3.59. The SMILES string of the molecule is CSCCC(NC(=O)c1ccccc1)C(=O)OCc1ccc(C)cc1. The molecule has 0 aliphatic rings. The summed E-state index contributed by atoms with van der Waals surface area (Å²) >= 11 is 1.63. The second-order valence-corrected chi connectivity index (χ2v) is 6.75. The maximum atomic E-state index is 12.4. The van der Waals surface area contributed by atoms with Gasteiger partial charge in [0.25, 0.3) is 5.91 Å². The minimum atomic E-state index is -0.648. The van der Waals surface area contributed by atoms with Crippen LogP contribution in [0.4, 0.5) is 0 Å². The Morgan fingerprint density at radius 3 is 2.40 bits per heavy atom. The maximum absolute atomic E-state index is 12.4. The first-order valence-corrected chi connectivity index (χ1v) is 9.56. The molecule has 0 saturated carbocycles. The maximum Gasteiger partial charge on any atom is 0.329 e. The topological polar surface area (TPSA) is 55.4 Å². The molecule has 0 aliphatic carbocycles. The predicted molar refractivity (Wildman–Crippen MR) is 102 cm³/mol. The van der Waals surface area contributed by atoms with Gasteiger partial charge in [0.2, 0.25) is 0 Å². The summed E-state index contributed by atoms with van der Waals surface area (Å²) in [5.74, 6) is 0.0946. The van der Waals surface area contributed by atoms with E-state index >= 15 is 0 Å². The summed E-state index contributed by atoms with van der Waals surface area (Å²) in [6.07, 6.45) is 2.50. The molecule has 0 spiro atoms. The van der Waals surface area contributed by atoms with E-state index in [4.69, 9.17) is 4.74 Å². The van der Waals surface area contributed by atoms with Gasteiger partial charge in [-0.1, -0.05) is 48.0 Å². The summed E-state index contributed by atoms with van der Waals surface area (Å²) in [7, 11) is 0. The van der Waals surface area contributed by atoms with Crippen LogP contribution in [0.1, 0.15) is 27.9 Å². The van der Waals surface area contributed by atoms with E-state index in [2.05, 4.69) is 5.32 Å². The lowest BCUT2D eigenvalue weighted by Crippen LogP contribution is -2.42. The molecule has 2 aromatic carbocycles. The Hall–Kier alpha value is -2.27. The highest BCUT2D eigenvalue weighted by atomic mass is 32.2. The van der Waals surface area contributed by atoms with Crippen LogP contribution in [0.5, 0.6) is 0 Å². The monoisotopic (exact) mass is 357 g/mol. The van der Waals surface area contributed by atoms with Crippen LogP contribution in [-0.2, 0) is 16.1 Å². The van der Waals surface area contributed by atoms with Gasteiger partial charge in [0.15, 0.2) is 0 Å². The van der Waals surface area contributed by atoms with Gasteiger partial charge in [-0.3, -0.25) is 4.79 Å². The van der Waals surface area contributed by atoms with Gasteiger partial charge in [-0.05, 0) is 43.0 Å². The van der Waals surface area contributed by atoms with Gasteiger partial charge in [0.1, 0.15) is 12.6 Å². The zero-order chi connectivity index (χ0) is 18.1. The molecule has 0 aromatic heterocycles. The van der Waals surface area contributed by atoms with Crippen molar-refractivity contribution in [2.24, 2.45) is 0 Å². The van der Waals surface area contributed by atoms with E-state index in [0.29, 0.717) is 12.0 Å². The molecule has 0 bridgehead atoms. The molecule has 0 heterocycles. The average molecular weight is 357 g/mol. The molecule has 1 N–H and O–H groups in total. The van der Waals surface area contributed by atoms with Gasteiger partial charge in [-0.15, -0.1) is 0 Å². The Morgan fingerprint density at radius 1 is 1.08 bits per heavy atom. The van der Waals surface area contributed by atoms with Crippen molar-refractivity contribution in [1.82, 2.24) is 5.32 Å². The van der Waals surface area contributed by atoms with Crippen LogP contribution in [0.2, 0.25) is 0 Å². The lowest BCUT2D eigenvalue weighted by atomic mass is 10.1. The third-order valence-corrected chi connectivity index (χ3v) is 4.38. The van der Waals surface area contributed by atoms with Crippen molar-refractivity contribution in [2.45, 2.75) is 26.0 Å². The van der Waals surface area contributed by atoms with Crippen molar-refractivity contribution in [3.8, 4) is 0 Å². The molecule has 0 fully saturated rings. The normalized spacial score (nSPS) is 11.6. The van der Waals surface area contributed by atoms with E-state index in [1.807, 2.05) is 43.5 Å². The minimum absolute atomic E-state index is 0.204. The third-order valence-electron chi connectivity index (χ3n) is 3.74. The fraction of sp³-hybridized carbons (Fsp3) is 0.300. The molecule has 0 radical (unpaired) electrons. The Morgan fingerprint density at radius 2 is 1.76 bits per heavy atom. The summed E-state index contributed by atoms with van der Waals surface area (Å²) < 4.78 is 5.40. The highest BCUT2D eigenvalue weighted by molar-refractivity contribution is 7.98. The van der Waals surface area contributed by atoms with Crippen LogP contribution in [0.25, 0.3) is 0 Å². The molecule has 0 aliphatic heterocycles. The number of benzene rings is 2. The van der Waals surface area contributed by atoms with E-state index < -0.39 is 12.0 Å². The molecule has 132 valence electrons. The second kappa shape index (κ2) is 9.89. The number of hydrogen-bond acceptors (Lipinski definition) is 4. The quantitative estimate of drug-likeness (QED) is 0.734. The van der Waals surface area contributed by atoms with Crippen molar-refractivity contribution in [3.05, 3.63) is 71.3 Å². The number of esters is 1. The van der Waals surface area contributed by atoms with Gasteiger partial charge in [0, 0.05) is 5.56 Å². The standard InChI is InChI=1S/C20H23NO3S/c1-15-8-10-16(11-9-15)14-24-20(23)18(12-13-25-2)21-19(22)17-6-4-3-5-7-17/h3-11,18H,12-14H2,1-2H3,(H,21,22).